The minimum atomic E-state index is -1.17. The van der Waals surface area contributed by atoms with Crippen molar-refractivity contribution in [2.45, 2.75) is 122 Å². The van der Waals surface area contributed by atoms with Crippen LogP contribution in [0.15, 0.2) is 84.6 Å². The Morgan fingerprint density at radius 3 is 1.73 bits per heavy atom. The van der Waals surface area contributed by atoms with Gasteiger partial charge in [0.25, 0.3) is 0 Å². The second-order valence-electron chi connectivity index (χ2n) is 12.9. The quantitative estimate of drug-likeness (QED) is 0.0568. The van der Waals surface area contributed by atoms with E-state index in [4.69, 9.17) is 5.73 Å². The Bertz CT molecular complexity index is 1360. The van der Waals surface area contributed by atoms with E-state index in [1.807, 2.05) is 42.5 Å². The zero-order valence-corrected chi connectivity index (χ0v) is 28.8. The molecule has 0 aromatic heterocycles. The molecule has 0 fully saturated rings. The van der Waals surface area contributed by atoms with Crippen molar-refractivity contribution in [3.63, 3.8) is 0 Å². The highest BCUT2D eigenvalue weighted by Crippen LogP contribution is 2.18. The number of benzene rings is 3. The molecule has 0 aliphatic heterocycles. The molecule has 0 heterocycles. The molecule has 48 heavy (non-hydrogen) atoms. The molecule has 0 aliphatic rings. The molecule has 5 N–H and O–H groups in total. The standard InChI is InChI=1S/C41H56FN3O3/c1-2-3-4-5-6-7-8-9-10-11-12-13-17-20-37(29-32-18-15-14-16-19-32)44-38(30-34-23-27-36(43)28-24-34)40(46)45-39(41(47)48)31-33-21-25-35(42)26-22-33/h14-16,18-19,21-29,38-39,44H,2-13,17,20,30-31,43H2,1H3,(H,45,46)(H,47,48)/t38-,39-/m0/s1. The van der Waals surface area contributed by atoms with Gasteiger partial charge in [-0.15, -0.1) is 0 Å². The third kappa shape index (κ3) is 15.6. The molecule has 3 aromatic carbocycles. The Hall–Kier alpha value is -4.13. The van der Waals surface area contributed by atoms with Gasteiger partial charge in [-0.05, 0) is 59.9 Å². The van der Waals surface area contributed by atoms with Crippen LogP contribution >= 0.6 is 0 Å². The van der Waals surface area contributed by atoms with Crippen molar-refractivity contribution in [3.8, 4) is 0 Å². The number of aliphatic carboxylic acids is 1. The average Bonchev–Trinajstić information content (AvgIpc) is 3.08. The fraction of sp³-hybridized carbons (Fsp3) is 0.463. The molecule has 0 aliphatic carbocycles. The van der Waals surface area contributed by atoms with Crippen LogP contribution in [0.1, 0.15) is 114 Å². The van der Waals surface area contributed by atoms with Crippen LogP contribution in [-0.2, 0) is 22.4 Å². The van der Waals surface area contributed by atoms with E-state index < -0.39 is 29.8 Å². The monoisotopic (exact) mass is 657 g/mol. The summed E-state index contributed by atoms with van der Waals surface area (Å²) in [5.41, 5.74) is 10.0. The smallest absolute Gasteiger partial charge is 0.326 e. The highest BCUT2D eigenvalue weighted by molar-refractivity contribution is 5.87. The number of carboxylic acid groups (broad SMARTS) is 1. The number of rotatable bonds is 24. The molecule has 7 heteroatoms. The Balaban J connectivity index is 1.63. The van der Waals surface area contributed by atoms with Crippen molar-refractivity contribution >= 4 is 23.6 Å². The van der Waals surface area contributed by atoms with Crippen molar-refractivity contribution in [3.05, 3.63) is 107 Å². The molecule has 0 saturated carbocycles. The Morgan fingerprint density at radius 1 is 0.688 bits per heavy atom. The zero-order chi connectivity index (χ0) is 34.4. The summed E-state index contributed by atoms with van der Waals surface area (Å²) in [6.07, 6.45) is 19.8. The summed E-state index contributed by atoms with van der Waals surface area (Å²) in [5.74, 6) is -1.96. The number of allylic oxidation sites excluding steroid dienone is 1. The van der Waals surface area contributed by atoms with Gasteiger partial charge in [0.1, 0.15) is 17.9 Å². The fourth-order valence-corrected chi connectivity index (χ4v) is 5.92. The number of unbranched alkanes of at least 4 members (excludes halogenated alkanes) is 12. The summed E-state index contributed by atoms with van der Waals surface area (Å²) in [5, 5.41) is 16.2. The van der Waals surface area contributed by atoms with Crippen molar-refractivity contribution in [2.24, 2.45) is 0 Å². The topological polar surface area (TPSA) is 104 Å². The second kappa shape index (κ2) is 22.4. The first-order valence-electron chi connectivity index (χ1n) is 18.0. The van der Waals surface area contributed by atoms with Crippen molar-refractivity contribution in [1.29, 1.82) is 0 Å². The molecular weight excluding hydrogens is 601 g/mol. The molecule has 0 bridgehead atoms. The van der Waals surface area contributed by atoms with E-state index in [1.54, 1.807) is 12.1 Å². The van der Waals surface area contributed by atoms with Crippen molar-refractivity contribution in [1.82, 2.24) is 10.6 Å². The molecule has 2 atom stereocenters. The lowest BCUT2D eigenvalue weighted by molar-refractivity contribution is -0.142. The van der Waals surface area contributed by atoms with E-state index in [9.17, 15) is 19.1 Å². The molecule has 0 saturated heterocycles. The van der Waals surface area contributed by atoms with E-state index >= 15 is 0 Å². The number of carboxylic acids is 1. The lowest BCUT2D eigenvalue weighted by atomic mass is 10.0. The molecule has 3 rings (SSSR count). The first kappa shape index (κ1) is 38.3. The lowest BCUT2D eigenvalue weighted by Gasteiger charge is -2.24. The number of anilines is 1. The summed E-state index contributed by atoms with van der Waals surface area (Å²) >= 11 is 0. The second-order valence-corrected chi connectivity index (χ2v) is 12.9. The number of halogens is 1. The molecule has 1 amide bonds. The number of carbonyl (C=O) groups excluding carboxylic acids is 1. The van der Waals surface area contributed by atoms with Gasteiger partial charge in [-0.3, -0.25) is 4.79 Å². The van der Waals surface area contributed by atoms with Crippen LogP contribution in [-0.4, -0.2) is 29.1 Å². The fourth-order valence-electron chi connectivity index (χ4n) is 5.92. The number of hydrogen-bond acceptors (Lipinski definition) is 4. The largest absolute Gasteiger partial charge is 0.480 e. The Labute approximate surface area is 287 Å². The van der Waals surface area contributed by atoms with Gasteiger partial charge >= 0.3 is 5.97 Å². The maximum Gasteiger partial charge on any atom is 0.326 e. The minimum absolute atomic E-state index is 0.0433. The number of amides is 1. The number of nitrogen functional groups attached to an aromatic ring is 1. The van der Waals surface area contributed by atoms with Gasteiger partial charge < -0.3 is 21.5 Å². The van der Waals surface area contributed by atoms with Crippen molar-refractivity contribution in [2.75, 3.05) is 5.73 Å². The first-order valence-corrected chi connectivity index (χ1v) is 18.0. The highest BCUT2D eigenvalue weighted by atomic mass is 19.1. The SMILES string of the molecule is CCCCCCCCCCCCCCCC(=Cc1ccccc1)N[C@@H](Cc1ccc(N)cc1)C(=O)N[C@@H](Cc1ccc(F)cc1)C(=O)O. The lowest BCUT2D eigenvalue weighted by Crippen LogP contribution is -2.51. The predicted octanol–water partition coefficient (Wildman–Crippen LogP) is 9.24. The van der Waals surface area contributed by atoms with Crippen LogP contribution in [0, 0.1) is 5.82 Å². The molecule has 0 radical (unpaired) electrons. The first-order chi connectivity index (χ1) is 23.3. The molecular formula is C41H56FN3O3. The average molecular weight is 658 g/mol. The summed E-state index contributed by atoms with van der Waals surface area (Å²) in [7, 11) is 0. The third-order valence-corrected chi connectivity index (χ3v) is 8.75. The van der Waals surface area contributed by atoms with E-state index in [2.05, 4.69) is 23.6 Å². The molecule has 0 unspecified atom stereocenters. The van der Waals surface area contributed by atoms with Gasteiger partial charge in [0, 0.05) is 24.2 Å². The maximum atomic E-state index is 13.8. The van der Waals surface area contributed by atoms with Crippen LogP contribution in [0.3, 0.4) is 0 Å². The van der Waals surface area contributed by atoms with E-state index in [-0.39, 0.29) is 6.42 Å². The Kier molecular flexibility index (Phi) is 17.9. The van der Waals surface area contributed by atoms with E-state index in [0.29, 0.717) is 17.7 Å². The zero-order valence-electron chi connectivity index (χ0n) is 28.8. The van der Waals surface area contributed by atoms with Gasteiger partial charge in [0.05, 0.1) is 0 Å². The van der Waals surface area contributed by atoms with Crippen molar-refractivity contribution < 1.29 is 19.1 Å². The molecule has 3 aromatic rings. The van der Waals surface area contributed by atoms with E-state index in [0.717, 1.165) is 36.1 Å². The van der Waals surface area contributed by atoms with Crippen LogP contribution in [0.5, 0.6) is 0 Å². The molecule has 6 nitrogen and oxygen atoms in total. The number of nitrogens with one attached hydrogen (secondary N) is 2. The predicted molar refractivity (Wildman–Crippen MR) is 196 cm³/mol. The summed E-state index contributed by atoms with van der Waals surface area (Å²) in [6, 6.07) is 21.2. The van der Waals surface area contributed by atoms with Gasteiger partial charge in [-0.2, -0.15) is 0 Å². The van der Waals surface area contributed by atoms with Crippen LogP contribution in [0.2, 0.25) is 0 Å². The van der Waals surface area contributed by atoms with E-state index in [1.165, 1.54) is 94.9 Å². The Morgan fingerprint density at radius 2 is 1.19 bits per heavy atom. The number of nitrogens with two attached hydrogens (primary N) is 1. The van der Waals surface area contributed by atoms with Crippen LogP contribution in [0.4, 0.5) is 10.1 Å². The van der Waals surface area contributed by atoms with Crippen LogP contribution < -0.4 is 16.4 Å². The van der Waals surface area contributed by atoms with Gasteiger partial charge in [-0.1, -0.05) is 139 Å². The maximum absolute atomic E-state index is 13.8. The normalized spacial score (nSPS) is 12.8. The number of hydrogen-bond donors (Lipinski definition) is 4. The minimum Gasteiger partial charge on any atom is -0.480 e. The number of carbonyl (C=O) groups is 2. The van der Waals surface area contributed by atoms with Gasteiger partial charge in [-0.25, -0.2) is 9.18 Å². The molecule has 260 valence electrons. The van der Waals surface area contributed by atoms with Gasteiger partial charge in [0.15, 0.2) is 0 Å². The third-order valence-electron chi connectivity index (χ3n) is 8.75. The van der Waals surface area contributed by atoms with Gasteiger partial charge in [0.2, 0.25) is 5.91 Å². The van der Waals surface area contributed by atoms with Crippen LogP contribution in [0.25, 0.3) is 6.08 Å². The summed E-state index contributed by atoms with van der Waals surface area (Å²) < 4.78 is 13.4. The summed E-state index contributed by atoms with van der Waals surface area (Å²) in [4.78, 5) is 26.0. The summed E-state index contributed by atoms with van der Waals surface area (Å²) in [6.45, 7) is 2.26. The highest BCUT2D eigenvalue weighted by Gasteiger charge is 2.26. The molecule has 0 spiro atoms.